The molecule has 1 aliphatic heterocycles. The van der Waals surface area contributed by atoms with Gasteiger partial charge in [0.15, 0.2) is 0 Å². The van der Waals surface area contributed by atoms with Gasteiger partial charge in [-0.1, -0.05) is 17.7 Å². The summed E-state index contributed by atoms with van der Waals surface area (Å²) in [6.07, 6.45) is 1.37. The maximum absolute atomic E-state index is 10.3. The van der Waals surface area contributed by atoms with Crippen LogP contribution in [0.25, 0.3) is 0 Å². The molecule has 0 bridgehead atoms. The Kier molecular flexibility index (Phi) is 5.05. The lowest BCUT2D eigenvalue weighted by Crippen LogP contribution is -2.44. The zero-order valence-electron chi connectivity index (χ0n) is 11.1. The van der Waals surface area contributed by atoms with Crippen LogP contribution >= 0.6 is 11.6 Å². The SMILES string of the molecule is COc1ccc(CNCC2(O)CCOCC2)cc1Cl. The first-order valence-corrected chi connectivity index (χ1v) is 6.84. The van der Waals surface area contributed by atoms with Crippen LogP contribution < -0.4 is 10.1 Å². The van der Waals surface area contributed by atoms with Crippen molar-refractivity contribution in [1.82, 2.24) is 5.32 Å². The third-order valence-electron chi connectivity index (χ3n) is 3.42. The van der Waals surface area contributed by atoms with Gasteiger partial charge in [0.2, 0.25) is 0 Å². The second-order valence-electron chi connectivity index (χ2n) is 4.91. The van der Waals surface area contributed by atoms with Crippen LogP contribution in [0.2, 0.25) is 5.02 Å². The molecule has 1 fully saturated rings. The minimum absolute atomic E-state index is 0.569. The average molecular weight is 286 g/mol. The van der Waals surface area contributed by atoms with Gasteiger partial charge in [-0.3, -0.25) is 0 Å². The first-order valence-electron chi connectivity index (χ1n) is 6.46. The van der Waals surface area contributed by atoms with Crippen LogP contribution in [-0.4, -0.2) is 37.6 Å². The maximum Gasteiger partial charge on any atom is 0.137 e. The molecule has 1 saturated heterocycles. The molecule has 0 atom stereocenters. The summed E-state index contributed by atoms with van der Waals surface area (Å²) in [6, 6.07) is 5.69. The van der Waals surface area contributed by atoms with Crippen molar-refractivity contribution in [2.75, 3.05) is 26.9 Å². The van der Waals surface area contributed by atoms with Crippen molar-refractivity contribution >= 4 is 11.6 Å². The van der Waals surface area contributed by atoms with E-state index in [0.29, 0.717) is 49.9 Å². The van der Waals surface area contributed by atoms with Gasteiger partial charge in [-0.2, -0.15) is 0 Å². The fourth-order valence-electron chi connectivity index (χ4n) is 2.19. The van der Waals surface area contributed by atoms with Crippen molar-refractivity contribution in [1.29, 1.82) is 0 Å². The van der Waals surface area contributed by atoms with E-state index in [9.17, 15) is 5.11 Å². The van der Waals surface area contributed by atoms with E-state index in [1.165, 1.54) is 0 Å². The summed E-state index contributed by atoms with van der Waals surface area (Å²) in [6.45, 7) is 2.51. The van der Waals surface area contributed by atoms with E-state index >= 15 is 0 Å². The third-order valence-corrected chi connectivity index (χ3v) is 3.72. The highest BCUT2D eigenvalue weighted by atomic mass is 35.5. The molecule has 4 nitrogen and oxygen atoms in total. The number of hydrogen-bond acceptors (Lipinski definition) is 4. The van der Waals surface area contributed by atoms with E-state index in [2.05, 4.69) is 5.32 Å². The minimum Gasteiger partial charge on any atom is -0.495 e. The molecule has 1 heterocycles. The molecule has 1 aliphatic rings. The second-order valence-corrected chi connectivity index (χ2v) is 5.32. The van der Waals surface area contributed by atoms with Crippen molar-refractivity contribution in [3.05, 3.63) is 28.8 Å². The number of benzene rings is 1. The molecule has 0 spiro atoms. The van der Waals surface area contributed by atoms with Gasteiger partial charge in [0, 0.05) is 39.1 Å². The minimum atomic E-state index is -0.644. The molecule has 106 valence electrons. The molecule has 2 rings (SSSR count). The van der Waals surface area contributed by atoms with Crippen LogP contribution in [0.1, 0.15) is 18.4 Å². The molecular formula is C14H20ClNO3. The lowest BCUT2D eigenvalue weighted by atomic mass is 9.94. The molecule has 0 unspecified atom stereocenters. The van der Waals surface area contributed by atoms with Gasteiger partial charge in [-0.05, 0) is 17.7 Å². The Hall–Kier alpha value is -0.810. The summed E-state index contributed by atoms with van der Waals surface area (Å²) in [5.41, 5.74) is 0.426. The predicted molar refractivity (Wildman–Crippen MR) is 74.7 cm³/mol. The van der Waals surface area contributed by atoms with Crippen LogP contribution in [-0.2, 0) is 11.3 Å². The summed E-state index contributed by atoms with van der Waals surface area (Å²) in [5.74, 6) is 0.675. The zero-order valence-corrected chi connectivity index (χ0v) is 11.9. The fourth-order valence-corrected chi connectivity index (χ4v) is 2.47. The Bertz CT molecular complexity index is 419. The van der Waals surface area contributed by atoms with E-state index in [4.69, 9.17) is 21.1 Å². The van der Waals surface area contributed by atoms with Crippen LogP contribution in [0.15, 0.2) is 18.2 Å². The molecule has 19 heavy (non-hydrogen) atoms. The molecule has 0 aromatic heterocycles. The van der Waals surface area contributed by atoms with Crippen LogP contribution in [0.3, 0.4) is 0 Å². The van der Waals surface area contributed by atoms with E-state index in [1.54, 1.807) is 7.11 Å². The number of aliphatic hydroxyl groups is 1. The van der Waals surface area contributed by atoms with Crippen molar-refractivity contribution < 1.29 is 14.6 Å². The number of methoxy groups -OCH3 is 1. The number of halogens is 1. The van der Waals surface area contributed by atoms with E-state index in [1.807, 2.05) is 18.2 Å². The molecule has 0 aliphatic carbocycles. The van der Waals surface area contributed by atoms with E-state index in [-0.39, 0.29) is 0 Å². The van der Waals surface area contributed by atoms with Crippen LogP contribution in [0.4, 0.5) is 0 Å². The van der Waals surface area contributed by atoms with Gasteiger partial charge < -0.3 is 19.9 Å². The van der Waals surface area contributed by atoms with Crippen molar-refractivity contribution in [2.45, 2.75) is 25.0 Å². The summed E-state index contributed by atoms with van der Waals surface area (Å²) in [5, 5.41) is 14.2. The molecule has 1 aromatic rings. The molecule has 1 aromatic carbocycles. The number of nitrogens with one attached hydrogen (secondary N) is 1. The van der Waals surface area contributed by atoms with Gasteiger partial charge in [0.25, 0.3) is 0 Å². The van der Waals surface area contributed by atoms with Gasteiger partial charge >= 0.3 is 0 Å². The van der Waals surface area contributed by atoms with Gasteiger partial charge in [0.05, 0.1) is 17.7 Å². The maximum atomic E-state index is 10.3. The Morgan fingerprint density at radius 2 is 2.16 bits per heavy atom. The second kappa shape index (κ2) is 6.57. The lowest BCUT2D eigenvalue weighted by molar-refractivity contribution is -0.0617. The van der Waals surface area contributed by atoms with Crippen LogP contribution in [0.5, 0.6) is 5.75 Å². The Balaban J connectivity index is 1.83. The summed E-state index contributed by atoms with van der Waals surface area (Å²) in [4.78, 5) is 0. The topological polar surface area (TPSA) is 50.7 Å². The Labute approximate surface area is 118 Å². The highest BCUT2D eigenvalue weighted by Gasteiger charge is 2.28. The number of ether oxygens (including phenoxy) is 2. The monoisotopic (exact) mass is 285 g/mol. The first-order chi connectivity index (χ1) is 9.13. The van der Waals surface area contributed by atoms with E-state index < -0.39 is 5.60 Å². The van der Waals surface area contributed by atoms with Gasteiger partial charge in [0.1, 0.15) is 5.75 Å². The van der Waals surface area contributed by atoms with Gasteiger partial charge in [-0.25, -0.2) is 0 Å². The zero-order chi connectivity index (χ0) is 13.7. The summed E-state index contributed by atoms with van der Waals surface area (Å²) < 4.78 is 10.4. The molecule has 0 amide bonds. The van der Waals surface area contributed by atoms with Gasteiger partial charge in [-0.15, -0.1) is 0 Å². The molecule has 2 N–H and O–H groups in total. The standard InChI is InChI=1S/C14H20ClNO3/c1-18-13-3-2-11(8-12(13)15)9-16-10-14(17)4-6-19-7-5-14/h2-3,8,16-17H,4-7,9-10H2,1H3. The highest BCUT2D eigenvalue weighted by molar-refractivity contribution is 6.32. The summed E-state index contributed by atoms with van der Waals surface area (Å²) >= 11 is 6.07. The van der Waals surface area contributed by atoms with Crippen LogP contribution in [0, 0.1) is 0 Å². The summed E-state index contributed by atoms with van der Waals surface area (Å²) in [7, 11) is 1.60. The molecular weight excluding hydrogens is 266 g/mol. The largest absolute Gasteiger partial charge is 0.495 e. The quantitative estimate of drug-likeness (QED) is 0.869. The molecule has 5 heteroatoms. The lowest BCUT2D eigenvalue weighted by Gasteiger charge is -2.32. The normalized spacial score (nSPS) is 18.3. The Morgan fingerprint density at radius 1 is 1.42 bits per heavy atom. The Morgan fingerprint density at radius 3 is 2.79 bits per heavy atom. The van der Waals surface area contributed by atoms with E-state index in [0.717, 1.165) is 5.56 Å². The third kappa shape index (κ3) is 4.08. The molecule has 0 saturated carbocycles. The van der Waals surface area contributed by atoms with Crippen molar-refractivity contribution in [3.63, 3.8) is 0 Å². The average Bonchev–Trinajstić information content (AvgIpc) is 2.39. The predicted octanol–water partition coefficient (Wildman–Crippen LogP) is 1.98. The fraction of sp³-hybridized carbons (Fsp3) is 0.571. The van der Waals surface area contributed by atoms with Crippen molar-refractivity contribution in [2.24, 2.45) is 0 Å². The van der Waals surface area contributed by atoms with Crippen molar-refractivity contribution in [3.8, 4) is 5.75 Å². The molecule has 0 radical (unpaired) electrons. The highest BCUT2D eigenvalue weighted by Crippen LogP contribution is 2.25. The number of hydrogen-bond donors (Lipinski definition) is 2. The smallest absolute Gasteiger partial charge is 0.137 e. The first kappa shape index (κ1) is 14.6. The number of rotatable bonds is 5.